The molecule has 1 spiro atoms. The van der Waals surface area contributed by atoms with E-state index in [1.54, 1.807) is 0 Å². The predicted molar refractivity (Wildman–Crippen MR) is 94.4 cm³/mol. The van der Waals surface area contributed by atoms with Gasteiger partial charge < -0.3 is 20.2 Å². The zero-order valence-electron chi connectivity index (χ0n) is 15.5. The Kier molecular flexibility index (Phi) is 5.05. The highest BCUT2D eigenvalue weighted by atomic mass is 28.4. The van der Waals surface area contributed by atoms with E-state index in [4.69, 9.17) is 10.2 Å². The fraction of sp³-hybridized carbons (Fsp3) is 0.875. The molecule has 2 saturated heterocycles. The Hall–Kier alpha value is -1.12. The molecule has 0 aromatic carbocycles. The number of likely N-dealkylation sites (tertiary alicyclic amines) is 2. The van der Waals surface area contributed by atoms with Gasteiger partial charge in [-0.15, -0.1) is 0 Å². The molecule has 2 fully saturated rings. The van der Waals surface area contributed by atoms with Gasteiger partial charge in [0.1, 0.15) is 6.04 Å². The number of hydrogen-bond donors (Lipinski definition) is 2. The van der Waals surface area contributed by atoms with E-state index in [1.807, 2.05) is 4.90 Å². The van der Waals surface area contributed by atoms with Gasteiger partial charge >= 0.3 is 6.09 Å². The number of nitrogens with two attached hydrogens (primary N) is 1. The summed E-state index contributed by atoms with van der Waals surface area (Å²) in [4.78, 5) is 26.8. The van der Waals surface area contributed by atoms with Crippen LogP contribution >= 0.6 is 0 Å². The molecule has 1 atom stereocenters. The Balaban J connectivity index is 1.99. The lowest BCUT2D eigenvalue weighted by molar-refractivity contribution is -0.131. The molecule has 0 aromatic heterocycles. The zero-order valence-corrected chi connectivity index (χ0v) is 16.5. The van der Waals surface area contributed by atoms with Crippen LogP contribution in [-0.4, -0.2) is 73.0 Å². The van der Waals surface area contributed by atoms with Gasteiger partial charge in [-0.2, -0.15) is 0 Å². The van der Waals surface area contributed by atoms with Crippen LogP contribution in [0.15, 0.2) is 0 Å². The molecular weight excluding hydrogens is 326 g/mol. The Morgan fingerprint density at radius 2 is 1.92 bits per heavy atom. The standard InChI is InChI=1S/C16H31N3O4Si/c1-15(2,3)24(4,5)23-9-12(13(17)20)18-10-16(11-18)7-6-8-19(16)14(21)22/h12H,6-11H2,1-5H3,(H2,17,20)(H,21,22)/t12-/m0/s1. The molecule has 2 aliphatic rings. The van der Waals surface area contributed by atoms with E-state index in [2.05, 4.69) is 33.9 Å². The van der Waals surface area contributed by atoms with Crippen molar-refractivity contribution < 1.29 is 19.1 Å². The van der Waals surface area contributed by atoms with Gasteiger partial charge in [-0.3, -0.25) is 9.69 Å². The molecular formula is C16H31N3O4Si. The molecule has 0 unspecified atom stereocenters. The smallest absolute Gasteiger partial charge is 0.407 e. The number of rotatable bonds is 5. The summed E-state index contributed by atoms with van der Waals surface area (Å²) in [5, 5.41) is 9.41. The molecule has 24 heavy (non-hydrogen) atoms. The number of hydrogen-bond acceptors (Lipinski definition) is 4. The minimum atomic E-state index is -1.96. The van der Waals surface area contributed by atoms with Gasteiger partial charge in [-0.25, -0.2) is 4.79 Å². The monoisotopic (exact) mass is 357 g/mol. The third-order valence-corrected chi connectivity index (χ3v) is 10.5. The molecule has 0 saturated carbocycles. The van der Waals surface area contributed by atoms with Crippen LogP contribution in [0.5, 0.6) is 0 Å². The van der Waals surface area contributed by atoms with E-state index in [0.717, 1.165) is 12.8 Å². The van der Waals surface area contributed by atoms with Gasteiger partial charge in [0, 0.05) is 19.6 Å². The largest absolute Gasteiger partial charge is 0.465 e. The highest BCUT2D eigenvalue weighted by Crippen LogP contribution is 2.40. The van der Waals surface area contributed by atoms with Gasteiger partial charge in [-0.1, -0.05) is 20.8 Å². The lowest BCUT2D eigenvalue weighted by Crippen LogP contribution is -2.72. The van der Waals surface area contributed by atoms with E-state index in [9.17, 15) is 14.7 Å². The molecule has 2 rings (SSSR count). The van der Waals surface area contributed by atoms with Crippen LogP contribution in [0, 0.1) is 0 Å². The van der Waals surface area contributed by atoms with Crippen molar-refractivity contribution in [2.24, 2.45) is 5.73 Å². The van der Waals surface area contributed by atoms with Crippen LogP contribution in [0.25, 0.3) is 0 Å². The van der Waals surface area contributed by atoms with Crippen molar-refractivity contribution >= 4 is 20.3 Å². The molecule has 0 bridgehead atoms. The fourth-order valence-electron chi connectivity index (χ4n) is 3.37. The molecule has 2 amide bonds. The lowest BCUT2D eigenvalue weighted by Gasteiger charge is -2.54. The quantitative estimate of drug-likeness (QED) is 0.730. The van der Waals surface area contributed by atoms with Crippen LogP contribution in [0.3, 0.4) is 0 Å². The van der Waals surface area contributed by atoms with E-state index >= 15 is 0 Å². The number of carbonyl (C=O) groups excluding carboxylic acids is 1. The Morgan fingerprint density at radius 3 is 2.38 bits per heavy atom. The number of primary amides is 1. The second-order valence-corrected chi connectivity index (χ2v) is 13.5. The molecule has 7 nitrogen and oxygen atoms in total. The number of carbonyl (C=O) groups is 2. The molecule has 0 aromatic rings. The summed E-state index contributed by atoms with van der Waals surface area (Å²) in [5.74, 6) is -0.400. The molecule has 3 N–H and O–H groups in total. The summed E-state index contributed by atoms with van der Waals surface area (Å²) < 4.78 is 6.17. The summed E-state index contributed by atoms with van der Waals surface area (Å²) >= 11 is 0. The van der Waals surface area contributed by atoms with Crippen LogP contribution in [0.1, 0.15) is 33.6 Å². The summed E-state index contributed by atoms with van der Waals surface area (Å²) in [7, 11) is -1.96. The van der Waals surface area contributed by atoms with Crippen molar-refractivity contribution in [2.45, 2.75) is 63.3 Å². The Morgan fingerprint density at radius 1 is 1.33 bits per heavy atom. The first-order valence-corrected chi connectivity index (χ1v) is 11.5. The van der Waals surface area contributed by atoms with Crippen molar-refractivity contribution in [1.29, 1.82) is 0 Å². The summed E-state index contributed by atoms with van der Waals surface area (Å²) in [6.07, 6.45) is 0.854. The van der Waals surface area contributed by atoms with E-state index in [1.165, 1.54) is 4.90 Å². The molecule has 8 heteroatoms. The minimum Gasteiger partial charge on any atom is -0.465 e. The summed E-state index contributed by atoms with van der Waals surface area (Å²) in [6, 6.07) is -0.485. The first-order valence-electron chi connectivity index (χ1n) is 8.58. The normalized spacial score (nSPS) is 22.5. The Labute approximate surface area is 145 Å². The highest BCUT2D eigenvalue weighted by molar-refractivity contribution is 6.74. The van der Waals surface area contributed by atoms with Gasteiger partial charge in [0.05, 0.1) is 12.1 Å². The second-order valence-electron chi connectivity index (χ2n) is 8.66. The van der Waals surface area contributed by atoms with E-state index in [0.29, 0.717) is 19.6 Å². The van der Waals surface area contributed by atoms with Crippen LogP contribution in [0.4, 0.5) is 4.79 Å². The first-order chi connectivity index (χ1) is 10.9. The molecule has 2 aliphatic heterocycles. The number of amides is 2. The van der Waals surface area contributed by atoms with E-state index in [-0.39, 0.29) is 17.2 Å². The molecule has 2 heterocycles. The van der Waals surface area contributed by atoms with Crippen molar-refractivity contribution in [2.75, 3.05) is 26.2 Å². The minimum absolute atomic E-state index is 0.0664. The van der Waals surface area contributed by atoms with Crippen LogP contribution in [-0.2, 0) is 9.22 Å². The maximum absolute atomic E-state index is 11.9. The highest BCUT2D eigenvalue weighted by Gasteiger charge is 2.54. The average Bonchev–Trinajstić information content (AvgIpc) is 2.81. The van der Waals surface area contributed by atoms with Gasteiger partial charge in [-0.05, 0) is 31.0 Å². The predicted octanol–water partition coefficient (Wildman–Crippen LogP) is 1.69. The summed E-state index contributed by atoms with van der Waals surface area (Å²) in [5.41, 5.74) is 5.26. The third-order valence-electron chi connectivity index (χ3n) is 6.00. The SMILES string of the molecule is CC(C)(C)[Si](C)(C)OC[C@@H](C(N)=O)N1CC2(CCCN2C(=O)O)C1. The van der Waals surface area contributed by atoms with Crippen molar-refractivity contribution in [3.63, 3.8) is 0 Å². The topological polar surface area (TPSA) is 96.1 Å². The zero-order chi connectivity index (χ0) is 18.3. The maximum Gasteiger partial charge on any atom is 0.407 e. The maximum atomic E-state index is 11.9. The first kappa shape index (κ1) is 19.2. The van der Waals surface area contributed by atoms with Crippen molar-refractivity contribution in [3.8, 4) is 0 Å². The number of carboxylic acid groups (broad SMARTS) is 1. The average molecular weight is 358 g/mol. The van der Waals surface area contributed by atoms with Gasteiger partial charge in [0.25, 0.3) is 0 Å². The fourth-order valence-corrected chi connectivity index (χ4v) is 4.37. The molecule has 138 valence electrons. The Bertz CT molecular complexity index is 512. The van der Waals surface area contributed by atoms with Crippen LogP contribution < -0.4 is 5.73 Å². The van der Waals surface area contributed by atoms with Crippen molar-refractivity contribution in [3.05, 3.63) is 0 Å². The third kappa shape index (κ3) is 3.45. The summed E-state index contributed by atoms with van der Waals surface area (Å²) in [6.45, 7) is 12.7. The lowest BCUT2D eigenvalue weighted by atomic mass is 9.85. The van der Waals surface area contributed by atoms with Gasteiger partial charge in [0.2, 0.25) is 5.91 Å². The molecule has 0 aliphatic carbocycles. The van der Waals surface area contributed by atoms with E-state index < -0.39 is 26.4 Å². The second kappa shape index (κ2) is 6.31. The van der Waals surface area contributed by atoms with Gasteiger partial charge in [0.15, 0.2) is 8.32 Å². The molecule has 0 radical (unpaired) electrons. The van der Waals surface area contributed by atoms with Crippen LogP contribution in [0.2, 0.25) is 18.1 Å². The van der Waals surface area contributed by atoms with Crippen molar-refractivity contribution in [1.82, 2.24) is 9.80 Å². The number of nitrogens with zero attached hydrogens (tertiary/aromatic N) is 2.